The van der Waals surface area contributed by atoms with Gasteiger partial charge in [0.1, 0.15) is 5.15 Å². The van der Waals surface area contributed by atoms with Crippen LogP contribution in [0.1, 0.15) is 10.5 Å². The molecule has 0 spiro atoms. The first-order valence-electron chi connectivity index (χ1n) is 7.35. The quantitative estimate of drug-likeness (QED) is 0.634. The predicted molar refractivity (Wildman–Crippen MR) is 89.2 cm³/mol. The van der Waals surface area contributed by atoms with Gasteiger partial charge in [0.15, 0.2) is 5.69 Å². The second kappa shape index (κ2) is 6.83. The Kier molecular flexibility index (Phi) is 4.62. The highest BCUT2D eigenvalue weighted by Crippen LogP contribution is 2.20. The zero-order valence-electron chi connectivity index (χ0n) is 12.8. The number of nitrogens with zero attached hydrogens (tertiary/aromatic N) is 4. The molecule has 0 aliphatic carbocycles. The fourth-order valence-electron chi connectivity index (χ4n) is 2.56. The summed E-state index contributed by atoms with van der Waals surface area (Å²) in [5.41, 5.74) is 1.38. The number of methoxy groups -OCH3 is 1. The normalized spacial score (nSPS) is 14.7. The van der Waals surface area contributed by atoms with Gasteiger partial charge in [0.2, 0.25) is 5.95 Å². The average molecular weight is 333 g/mol. The van der Waals surface area contributed by atoms with Crippen molar-refractivity contribution in [1.29, 1.82) is 0 Å². The lowest BCUT2D eigenvalue weighted by Gasteiger charge is -2.36. The summed E-state index contributed by atoms with van der Waals surface area (Å²) in [6, 6.07) is 11.7. The number of anilines is 2. The van der Waals surface area contributed by atoms with Gasteiger partial charge < -0.3 is 14.5 Å². The van der Waals surface area contributed by atoms with E-state index in [0.29, 0.717) is 5.95 Å². The number of esters is 1. The first kappa shape index (κ1) is 15.6. The van der Waals surface area contributed by atoms with Crippen LogP contribution in [0.3, 0.4) is 0 Å². The molecule has 6 nitrogen and oxygen atoms in total. The van der Waals surface area contributed by atoms with Crippen molar-refractivity contribution in [3.8, 4) is 0 Å². The Bertz CT molecular complexity index is 688. The van der Waals surface area contributed by atoms with E-state index >= 15 is 0 Å². The Morgan fingerprint density at radius 2 is 1.74 bits per heavy atom. The van der Waals surface area contributed by atoms with Crippen LogP contribution in [0.5, 0.6) is 0 Å². The molecule has 1 fully saturated rings. The average Bonchev–Trinajstić information content (AvgIpc) is 2.61. The van der Waals surface area contributed by atoms with E-state index in [4.69, 9.17) is 16.3 Å². The number of halogens is 1. The predicted octanol–water partition coefficient (Wildman–Crippen LogP) is 2.24. The maximum atomic E-state index is 11.6. The lowest BCUT2D eigenvalue weighted by molar-refractivity contribution is 0.0594. The molecule has 0 unspecified atom stereocenters. The monoisotopic (exact) mass is 332 g/mol. The standard InChI is InChI=1S/C16H17ClN4O2/c1-23-15(22)13-11-14(17)19-16(18-13)21-9-7-20(8-10-21)12-5-3-2-4-6-12/h2-6,11H,7-10H2,1H3. The number of hydrogen-bond donors (Lipinski definition) is 0. The lowest BCUT2D eigenvalue weighted by Crippen LogP contribution is -2.47. The van der Waals surface area contributed by atoms with Gasteiger partial charge in [-0.2, -0.15) is 0 Å². The molecule has 1 saturated heterocycles. The maximum absolute atomic E-state index is 11.6. The summed E-state index contributed by atoms with van der Waals surface area (Å²) in [4.78, 5) is 24.5. The molecular weight excluding hydrogens is 316 g/mol. The van der Waals surface area contributed by atoms with Crippen molar-refractivity contribution in [2.45, 2.75) is 0 Å². The Balaban J connectivity index is 1.72. The van der Waals surface area contributed by atoms with E-state index in [1.54, 1.807) is 0 Å². The molecule has 0 N–H and O–H groups in total. The topological polar surface area (TPSA) is 58.6 Å². The van der Waals surface area contributed by atoms with Crippen molar-refractivity contribution in [3.05, 3.63) is 47.2 Å². The third kappa shape index (κ3) is 3.53. The van der Waals surface area contributed by atoms with Crippen molar-refractivity contribution in [2.75, 3.05) is 43.1 Å². The van der Waals surface area contributed by atoms with E-state index in [-0.39, 0.29) is 10.8 Å². The van der Waals surface area contributed by atoms with Crippen LogP contribution in [-0.4, -0.2) is 49.2 Å². The van der Waals surface area contributed by atoms with Crippen LogP contribution in [0.4, 0.5) is 11.6 Å². The molecule has 3 rings (SSSR count). The van der Waals surface area contributed by atoms with Crippen LogP contribution in [0, 0.1) is 0 Å². The molecule has 120 valence electrons. The number of para-hydroxylation sites is 1. The highest BCUT2D eigenvalue weighted by molar-refractivity contribution is 6.29. The molecule has 0 amide bonds. The first-order valence-corrected chi connectivity index (χ1v) is 7.73. The SMILES string of the molecule is COC(=O)c1cc(Cl)nc(N2CCN(c3ccccc3)CC2)n1. The Hall–Kier alpha value is -2.34. The van der Waals surface area contributed by atoms with Crippen LogP contribution >= 0.6 is 11.6 Å². The van der Waals surface area contributed by atoms with Gasteiger partial charge in [-0.05, 0) is 12.1 Å². The van der Waals surface area contributed by atoms with Gasteiger partial charge in [0.05, 0.1) is 7.11 Å². The van der Waals surface area contributed by atoms with Gasteiger partial charge in [0.25, 0.3) is 0 Å². The number of aromatic nitrogens is 2. The molecule has 0 radical (unpaired) electrons. The maximum Gasteiger partial charge on any atom is 0.356 e. The molecule has 0 bridgehead atoms. The van der Waals surface area contributed by atoms with Crippen molar-refractivity contribution >= 4 is 29.2 Å². The van der Waals surface area contributed by atoms with Crippen LogP contribution in [0.15, 0.2) is 36.4 Å². The van der Waals surface area contributed by atoms with E-state index in [1.807, 2.05) is 23.1 Å². The summed E-state index contributed by atoms with van der Waals surface area (Å²) in [6.07, 6.45) is 0. The molecule has 1 aromatic carbocycles. The van der Waals surface area contributed by atoms with Crippen LogP contribution in [0.25, 0.3) is 0 Å². The smallest absolute Gasteiger partial charge is 0.356 e. The summed E-state index contributed by atoms with van der Waals surface area (Å²) >= 11 is 6.00. The van der Waals surface area contributed by atoms with Crippen molar-refractivity contribution < 1.29 is 9.53 Å². The van der Waals surface area contributed by atoms with E-state index in [9.17, 15) is 4.79 Å². The molecule has 2 heterocycles. The van der Waals surface area contributed by atoms with E-state index in [1.165, 1.54) is 18.9 Å². The minimum absolute atomic E-state index is 0.174. The summed E-state index contributed by atoms with van der Waals surface area (Å²) in [5, 5.41) is 0.237. The minimum atomic E-state index is -0.515. The molecule has 7 heteroatoms. The molecule has 1 aliphatic rings. The van der Waals surface area contributed by atoms with E-state index < -0.39 is 5.97 Å². The van der Waals surface area contributed by atoms with Crippen LogP contribution in [-0.2, 0) is 4.74 Å². The number of carbonyl (C=O) groups excluding carboxylic acids is 1. The van der Waals surface area contributed by atoms with Gasteiger partial charge in [-0.25, -0.2) is 14.8 Å². The third-order valence-corrected chi connectivity index (χ3v) is 3.96. The van der Waals surface area contributed by atoms with Gasteiger partial charge in [-0.15, -0.1) is 0 Å². The van der Waals surface area contributed by atoms with Gasteiger partial charge in [-0.1, -0.05) is 29.8 Å². The largest absolute Gasteiger partial charge is 0.464 e. The zero-order valence-corrected chi connectivity index (χ0v) is 13.5. The Labute approximate surface area is 139 Å². The number of piperazine rings is 1. The lowest BCUT2D eigenvalue weighted by atomic mass is 10.2. The summed E-state index contributed by atoms with van der Waals surface area (Å²) in [6.45, 7) is 3.23. The first-order chi connectivity index (χ1) is 11.2. The molecule has 0 saturated carbocycles. The second-order valence-electron chi connectivity index (χ2n) is 5.18. The molecule has 0 atom stereocenters. The number of hydrogen-bond acceptors (Lipinski definition) is 6. The van der Waals surface area contributed by atoms with Gasteiger partial charge in [0, 0.05) is 37.9 Å². The Morgan fingerprint density at radius 1 is 1.09 bits per heavy atom. The molecular formula is C16H17ClN4O2. The van der Waals surface area contributed by atoms with Crippen molar-refractivity contribution in [2.24, 2.45) is 0 Å². The van der Waals surface area contributed by atoms with Crippen molar-refractivity contribution in [3.63, 3.8) is 0 Å². The minimum Gasteiger partial charge on any atom is -0.464 e. The van der Waals surface area contributed by atoms with E-state index in [0.717, 1.165) is 26.2 Å². The number of carbonyl (C=O) groups is 1. The Morgan fingerprint density at radius 3 is 2.39 bits per heavy atom. The molecule has 23 heavy (non-hydrogen) atoms. The molecule has 2 aromatic rings. The fraction of sp³-hybridized carbons (Fsp3) is 0.312. The summed E-state index contributed by atoms with van der Waals surface area (Å²) in [7, 11) is 1.32. The molecule has 1 aromatic heterocycles. The number of rotatable bonds is 3. The number of benzene rings is 1. The zero-order chi connectivity index (χ0) is 16.2. The van der Waals surface area contributed by atoms with Crippen LogP contribution < -0.4 is 9.80 Å². The highest BCUT2D eigenvalue weighted by Gasteiger charge is 2.21. The molecule has 1 aliphatic heterocycles. The third-order valence-electron chi connectivity index (χ3n) is 3.76. The number of ether oxygens (including phenoxy) is 1. The highest BCUT2D eigenvalue weighted by atomic mass is 35.5. The fourth-order valence-corrected chi connectivity index (χ4v) is 2.74. The van der Waals surface area contributed by atoms with Crippen molar-refractivity contribution in [1.82, 2.24) is 9.97 Å². The van der Waals surface area contributed by atoms with Gasteiger partial charge in [-0.3, -0.25) is 0 Å². The second-order valence-corrected chi connectivity index (χ2v) is 5.56. The van der Waals surface area contributed by atoms with Crippen LogP contribution in [0.2, 0.25) is 5.15 Å². The van der Waals surface area contributed by atoms with E-state index in [2.05, 4.69) is 27.0 Å². The summed E-state index contributed by atoms with van der Waals surface area (Å²) < 4.78 is 4.69. The summed E-state index contributed by atoms with van der Waals surface area (Å²) in [5.74, 6) is -0.0518. The van der Waals surface area contributed by atoms with Gasteiger partial charge >= 0.3 is 5.97 Å².